The third-order valence-electron chi connectivity index (χ3n) is 6.45. The number of hydrogen-bond acceptors (Lipinski definition) is 6. The largest absolute Gasteiger partial charge is 0.437 e. The standard InChI is InChI=1S/C31H22N6O/c1-21-17-18-24-23-11-5-12-25(30(23)38-31(24)33-21)26-13-6-15-28(34-26)37(22-9-3-2-4-10-22)29-16-7-14-27(35-29)36-20-8-19-32-36/h2-20H,1H3. The molecule has 7 rings (SSSR count). The van der Waals surface area contributed by atoms with Gasteiger partial charge in [0.1, 0.15) is 17.2 Å². The Kier molecular flexibility index (Phi) is 5.18. The molecule has 0 atom stereocenters. The predicted molar refractivity (Wildman–Crippen MR) is 149 cm³/mol. The van der Waals surface area contributed by atoms with Crippen LogP contribution in [-0.4, -0.2) is 24.7 Å². The van der Waals surface area contributed by atoms with Crippen molar-refractivity contribution in [1.82, 2.24) is 24.7 Å². The molecule has 0 radical (unpaired) electrons. The van der Waals surface area contributed by atoms with Gasteiger partial charge >= 0.3 is 0 Å². The molecule has 0 unspecified atom stereocenters. The van der Waals surface area contributed by atoms with Crippen molar-refractivity contribution in [3.8, 4) is 17.1 Å². The van der Waals surface area contributed by atoms with E-state index in [0.717, 1.165) is 56.4 Å². The number of fused-ring (bicyclic) bond motifs is 3. The van der Waals surface area contributed by atoms with Gasteiger partial charge in [-0.05, 0) is 67.6 Å². The van der Waals surface area contributed by atoms with E-state index >= 15 is 0 Å². The first-order valence-electron chi connectivity index (χ1n) is 12.3. The maximum atomic E-state index is 6.26. The van der Waals surface area contributed by atoms with Gasteiger partial charge in [0.15, 0.2) is 5.82 Å². The van der Waals surface area contributed by atoms with Crippen LogP contribution in [-0.2, 0) is 0 Å². The van der Waals surface area contributed by atoms with E-state index in [4.69, 9.17) is 14.4 Å². The summed E-state index contributed by atoms with van der Waals surface area (Å²) in [5, 5.41) is 6.36. The van der Waals surface area contributed by atoms with E-state index in [2.05, 4.69) is 22.2 Å². The lowest BCUT2D eigenvalue weighted by molar-refractivity contribution is 0.653. The number of rotatable bonds is 5. The van der Waals surface area contributed by atoms with E-state index < -0.39 is 0 Å². The molecule has 0 saturated carbocycles. The maximum absolute atomic E-state index is 6.26. The third kappa shape index (κ3) is 3.77. The molecule has 5 heterocycles. The fraction of sp³-hybridized carbons (Fsp3) is 0.0323. The zero-order chi connectivity index (χ0) is 25.5. The molecule has 0 aliphatic rings. The number of aromatic nitrogens is 5. The molecule has 0 saturated heterocycles. The van der Waals surface area contributed by atoms with Crippen LogP contribution in [0.5, 0.6) is 0 Å². The van der Waals surface area contributed by atoms with E-state index in [9.17, 15) is 0 Å². The van der Waals surface area contributed by atoms with Gasteiger partial charge in [0.25, 0.3) is 0 Å². The molecule has 5 aromatic heterocycles. The molecule has 0 aliphatic heterocycles. The summed E-state index contributed by atoms with van der Waals surface area (Å²) in [4.78, 5) is 16.7. The number of hydrogen-bond donors (Lipinski definition) is 0. The molecular formula is C31H22N6O. The van der Waals surface area contributed by atoms with Crippen molar-refractivity contribution in [3.63, 3.8) is 0 Å². The highest BCUT2D eigenvalue weighted by Crippen LogP contribution is 2.37. The van der Waals surface area contributed by atoms with E-state index in [1.165, 1.54) is 0 Å². The fourth-order valence-electron chi connectivity index (χ4n) is 4.70. The SMILES string of the molecule is Cc1ccc2c(n1)oc1c(-c3cccc(N(c4ccccc4)c4cccc(-n5cccn5)n4)n3)cccc12. The van der Waals surface area contributed by atoms with Gasteiger partial charge in [-0.1, -0.05) is 42.5 Å². The number of benzene rings is 2. The Morgan fingerprint density at radius 3 is 2.34 bits per heavy atom. The molecule has 0 spiro atoms. The minimum atomic E-state index is 0.633. The van der Waals surface area contributed by atoms with Gasteiger partial charge in [0.2, 0.25) is 5.71 Å². The molecule has 2 aromatic carbocycles. The van der Waals surface area contributed by atoms with Gasteiger partial charge in [-0.2, -0.15) is 5.10 Å². The zero-order valence-corrected chi connectivity index (χ0v) is 20.6. The molecule has 0 bridgehead atoms. The van der Waals surface area contributed by atoms with Gasteiger partial charge in [-0.15, -0.1) is 0 Å². The summed E-state index contributed by atoms with van der Waals surface area (Å²) in [6.45, 7) is 1.96. The molecular weight excluding hydrogens is 472 g/mol. The van der Waals surface area contributed by atoms with Crippen LogP contribution in [0.4, 0.5) is 17.3 Å². The minimum absolute atomic E-state index is 0.633. The molecule has 7 heteroatoms. The summed E-state index contributed by atoms with van der Waals surface area (Å²) in [6.07, 6.45) is 3.62. The molecule has 7 nitrogen and oxygen atoms in total. The smallest absolute Gasteiger partial charge is 0.227 e. The van der Waals surface area contributed by atoms with Crippen LogP contribution in [0.3, 0.4) is 0 Å². The predicted octanol–water partition coefficient (Wildman–Crippen LogP) is 7.40. The van der Waals surface area contributed by atoms with Crippen LogP contribution < -0.4 is 4.90 Å². The Morgan fingerprint density at radius 1 is 0.684 bits per heavy atom. The van der Waals surface area contributed by atoms with Crippen molar-refractivity contribution >= 4 is 39.4 Å². The lowest BCUT2D eigenvalue weighted by Gasteiger charge is -2.24. The Morgan fingerprint density at radius 2 is 1.50 bits per heavy atom. The van der Waals surface area contributed by atoms with E-state index in [-0.39, 0.29) is 0 Å². The van der Waals surface area contributed by atoms with Crippen molar-refractivity contribution in [1.29, 1.82) is 0 Å². The van der Waals surface area contributed by atoms with Crippen LogP contribution in [0.2, 0.25) is 0 Å². The van der Waals surface area contributed by atoms with Crippen molar-refractivity contribution < 1.29 is 4.42 Å². The van der Waals surface area contributed by atoms with Gasteiger partial charge in [0.05, 0.1) is 5.69 Å². The second-order valence-corrected chi connectivity index (χ2v) is 8.95. The molecule has 0 amide bonds. The average molecular weight is 495 g/mol. The lowest BCUT2D eigenvalue weighted by atomic mass is 10.1. The number of aryl methyl sites for hydroxylation is 1. The summed E-state index contributed by atoms with van der Waals surface area (Å²) in [6, 6.07) is 34.1. The van der Waals surface area contributed by atoms with Crippen molar-refractivity contribution in [3.05, 3.63) is 121 Å². The second kappa shape index (κ2) is 8.97. The fourth-order valence-corrected chi connectivity index (χ4v) is 4.70. The molecule has 38 heavy (non-hydrogen) atoms. The van der Waals surface area contributed by atoms with E-state index in [1.54, 1.807) is 10.9 Å². The van der Waals surface area contributed by atoms with Crippen LogP contribution in [0.15, 0.2) is 120 Å². The highest BCUT2D eigenvalue weighted by Gasteiger charge is 2.18. The van der Waals surface area contributed by atoms with Crippen molar-refractivity contribution in [2.45, 2.75) is 6.92 Å². The molecule has 0 N–H and O–H groups in total. The average Bonchev–Trinajstić information content (AvgIpc) is 3.62. The third-order valence-corrected chi connectivity index (χ3v) is 6.45. The summed E-state index contributed by atoms with van der Waals surface area (Å²) < 4.78 is 8.00. The highest BCUT2D eigenvalue weighted by molar-refractivity contribution is 6.08. The van der Waals surface area contributed by atoms with Crippen LogP contribution in [0, 0.1) is 6.92 Å². The minimum Gasteiger partial charge on any atom is -0.437 e. The maximum Gasteiger partial charge on any atom is 0.227 e. The molecule has 182 valence electrons. The van der Waals surface area contributed by atoms with Gasteiger partial charge < -0.3 is 4.42 Å². The van der Waals surface area contributed by atoms with Crippen LogP contribution >= 0.6 is 0 Å². The summed E-state index contributed by atoms with van der Waals surface area (Å²) in [7, 11) is 0. The molecule has 7 aromatic rings. The number of anilines is 3. The molecule has 0 fully saturated rings. The Balaban J connectivity index is 1.39. The normalized spacial score (nSPS) is 11.3. The van der Waals surface area contributed by atoms with Crippen molar-refractivity contribution in [2.24, 2.45) is 0 Å². The van der Waals surface area contributed by atoms with Crippen molar-refractivity contribution in [2.75, 3.05) is 4.90 Å². The lowest BCUT2D eigenvalue weighted by Crippen LogP contribution is -2.14. The number of para-hydroxylation sites is 2. The van der Waals surface area contributed by atoms with Crippen LogP contribution in [0.1, 0.15) is 5.69 Å². The summed E-state index contributed by atoms with van der Waals surface area (Å²) >= 11 is 0. The second-order valence-electron chi connectivity index (χ2n) is 8.95. The Bertz CT molecular complexity index is 1890. The number of pyridine rings is 3. The first-order valence-corrected chi connectivity index (χ1v) is 12.3. The van der Waals surface area contributed by atoms with Crippen LogP contribution in [0.25, 0.3) is 39.1 Å². The zero-order valence-electron chi connectivity index (χ0n) is 20.6. The summed E-state index contributed by atoms with van der Waals surface area (Å²) in [5.41, 5.74) is 4.98. The topological polar surface area (TPSA) is 72.9 Å². The highest BCUT2D eigenvalue weighted by atomic mass is 16.3. The number of furan rings is 1. The first kappa shape index (κ1) is 21.9. The van der Waals surface area contributed by atoms with Gasteiger partial charge in [-0.25, -0.2) is 19.6 Å². The number of nitrogens with zero attached hydrogens (tertiary/aromatic N) is 6. The Labute approximate surface area is 218 Å². The first-order chi connectivity index (χ1) is 18.7. The van der Waals surface area contributed by atoms with E-state index in [0.29, 0.717) is 5.71 Å². The van der Waals surface area contributed by atoms with Gasteiger partial charge in [-0.3, -0.25) is 4.90 Å². The van der Waals surface area contributed by atoms with Gasteiger partial charge in [0, 0.05) is 40.1 Å². The monoisotopic (exact) mass is 494 g/mol. The Hall–Kier alpha value is -5.30. The van der Waals surface area contributed by atoms with E-state index in [1.807, 2.05) is 109 Å². The quantitative estimate of drug-likeness (QED) is 0.248. The molecule has 0 aliphatic carbocycles. The summed E-state index contributed by atoms with van der Waals surface area (Å²) in [5.74, 6) is 2.19.